The molecule has 37 heavy (non-hydrogen) atoms. The first-order chi connectivity index (χ1) is 18.0. The topological polar surface area (TPSA) is 110 Å². The zero-order chi connectivity index (χ0) is 25.8. The Labute approximate surface area is 214 Å². The molecule has 0 atom stereocenters. The lowest BCUT2D eigenvalue weighted by Crippen LogP contribution is -2.43. The molecular weight excluding hydrogens is 473 g/mol. The highest BCUT2D eigenvalue weighted by molar-refractivity contribution is 5.96. The Hall–Kier alpha value is -4.44. The molecule has 1 fully saturated rings. The quantitative estimate of drug-likeness (QED) is 0.357. The molecule has 0 unspecified atom stereocenters. The Morgan fingerprint density at radius 3 is 2.59 bits per heavy atom. The molecule has 3 heterocycles. The van der Waals surface area contributed by atoms with E-state index in [1.54, 1.807) is 10.9 Å². The van der Waals surface area contributed by atoms with Gasteiger partial charge in [-0.05, 0) is 35.9 Å². The lowest BCUT2D eigenvalue weighted by molar-refractivity contribution is 0.0947. The number of aromatic nitrogens is 3. The number of carbonyl (C=O) groups excluding carboxylic acids is 1. The average molecular weight is 502 g/mol. The summed E-state index contributed by atoms with van der Waals surface area (Å²) < 4.78 is 20.4. The first kappa shape index (κ1) is 24.3. The smallest absolute Gasteiger partial charge is 0.255 e. The van der Waals surface area contributed by atoms with E-state index >= 15 is 0 Å². The lowest BCUT2D eigenvalue weighted by Gasteiger charge is -2.28. The molecule has 2 aromatic heterocycles. The standard InChI is InChI=1S/C27H28FN7O2/c1-37-24-8-6-20(28)14-22(24)27(36)32-16-18-2-4-19(5-3-18)23-15-25(29)35(33-23)21-7-9-26(31-17-21)34-12-10-30-11-13-34/h2-9,14-15,17,30H,10-13,16,29H2,1H3,(H,32,36). The number of ether oxygens (including phenoxy) is 1. The van der Waals surface area contributed by atoms with E-state index in [4.69, 9.17) is 10.5 Å². The molecule has 9 nitrogen and oxygen atoms in total. The van der Waals surface area contributed by atoms with Crippen LogP contribution in [0.2, 0.25) is 0 Å². The van der Waals surface area contributed by atoms with Crippen LogP contribution in [0.3, 0.4) is 0 Å². The summed E-state index contributed by atoms with van der Waals surface area (Å²) in [5.41, 5.74) is 9.69. The summed E-state index contributed by atoms with van der Waals surface area (Å²) in [5, 5.41) is 10.8. The Morgan fingerprint density at radius 2 is 1.89 bits per heavy atom. The van der Waals surface area contributed by atoms with Crippen LogP contribution < -0.4 is 26.0 Å². The molecule has 0 saturated carbocycles. The zero-order valence-electron chi connectivity index (χ0n) is 20.4. The summed E-state index contributed by atoms with van der Waals surface area (Å²) in [6.45, 7) is 4.04. The number of hydrogen-bond acceptors (Lipinski definition) is 7. The number of amides is 1. The van der Waals surface area contributed by atoms with Gasteiger partial charge in [-0.15, -0.1) is 0 Å². The minimum Gasteiger partial charge on any atom is -0.496 e. The van der Waals surface area contributed by atoms with Crippen LogP contribution in [0, 0.1) is 5.82 Å². The van der Waals surface area contributed by atoms with Crippen molar-refractivity contribution in [2.24, 2.45) is 0 Å². The molecule has 0 bridgehead atoms. The summed E-state index contributed by atoms with van der Waals surface area (Å²) in [6.07, 6.45) is 1.78. The van der Waals surface area contributed by atoms with Gasteiger partial charge in [0, 0.05) is 44.4 Å². The van der Waals surface area contributed by atoms with Gasteiger partial charge in [0.05, 0.1) is 30.3 Å². The number of pyridine rings is 1. The number of nitrogens with two attached hydrogens (primary N) is 1. The summed E-state index contributed by atoms with van der Waals surface area (Å²) in [4.78, 5) is 19.4. The maximum absolute atomic E-state index is 13.6. The third-order valence-electron chi connectivity index (χ3n) is 6.26. The lowest BCUT2D eigenvalue weighted by atomic mass is 10.1. The molecule has 1 saturated heterocycles. The molecule has 5 rings (SSSR count). The number of benzene rings is 2. The Kier molecular flexibility index (Phi) is 7.00. The van der Waals surface area contributed by atoms with Gasteiger partial charge in [0.1, 0.15) is 23.2 Å². The fourth-order valence-corrected chi connectivity index (χ4v) is 4.26. The molecule has 2 aromatic carbocycles. The average Bonchev–Trinajstić information content (AvgIpc) is 3.34. The van der Waals surface area contributed by atoms with Crippen molar-refractivity contribution in [3.8, 4) is 22.7 Å². The van der Waals surface area contributed by atoms with Gasteiger partial charge < -0.3 is 26.0 Å². The van der Waals surface area contributed by atoms with E-state index in [0.29, 0.717) is 11.6 Å². The number of carbonyl (C=O) groups is 1. The van der Waals surface area contributed by atoms with E-state index in [-0.39, 0.29) is 12.1 Å². The maximum Gasteiger partial charge on any atom is 0.255 e. The van der Waals surface area contributed by atoms with Gasteiger partial charge in [-0.3, -0.25) is 4.79 Å². The minimum atomic E-state index is -0.500. The second-order valence-corrected chi connectivity index (χ2v) is 8.70. The number of nitrogen functional groups attached to an aromatic ring is 1. The van der Waals surface area contributed by atoms with Crippen molar-refractivity contribution in [1.82, 2.24) is 25.4 Å². The van der Waals surface area contributed by atoms with Crippen LogP contribution in [0.15, 0.2) is 66.9 Å². The molecular formula is C27H28FN7O2. The SMILES string of the molecule is COc1ccc(F)cc1C(=O)NCc1ccc(-c2cc(N)n(-c3ccc(N4CCNCC4)nc3)n2)cc1. The van der Waals surface area contributed by atoms with Gasteiger partial charge in [-0.2, -0.15) is 5.10 Å². The highest BCUT2D eigenvalue weighted by atomic mass is 19.1. The van der Waals surface area contributed by atoms with Crippen LogP contribution in [0.4, 0.5) is 16.0 Å². The van der Waals surface area contributed by atoms with E-state index in [2.05, 4.69) is 25.6 Å². The first-order valence-electron chi connectivity index (χ1n) is 12.0. The third-order valence-corrected chi connectivity index (χ3v) is 6.26. The van der Waals surface area contributed by atoms with Crippen LogP contribution in [0.5, 0.6) is 5.75 Å². The fraction of sp³-hybridized carbons (Fsp3) is 0.222. The summed E-state index contributed by atoms with van der Waals surface area (Å²) in [5.74, 6) is 0.849. The van der Waals surface area contributed by atoms with E-state index in [1.807, 2.05) is 42.5 Å². The molecule has 0 radical (unpaired) electrons. The van der Waals surface area contributed by atoms with Crippen molar-refractivity contribution in [2.45, 2.75) is 6.54 Å². The summed E-state index contributed by atoms with van der Waals surface area (Å²) >= 11 is 0. The molecule has 1 amide bonds. The Bertz CT molecular complexity index is 1380. The van der Waals surface area contributed by atoms with Crippen molar-refractivity contribution in [3.63, 3.8) is 0 Å². The maximum atomic E-state index is 13.6. The second kappa shape index (κ2) is 10.7. The monoisotopic (exact) mass is 501 g/mol. The molecule has 10 heteroatoms. The van der Waals surface area contributed by atoms with Crippen molar-refractivity contribution in [3.05, 3.63) is 83.8 Å². The van der Waals surface area contributed by atoms with Crippen LogP contribution in [-0.2, 0) is 6.54 Å². The van der Waals surface area contributed by atoms with Crippen molar-refractivity contribution >= 4 is 17.5 Å². The predicted octanol–water partition coefficient (Wildman–Crippen LogP) is 3.00. The molecule has 0 spiro atoms. The van der Waals surface area contributed by atoms with Gasteiger partial charge in [0.25, 0.3) is 5.91 Å². The number of nitrogens with one attached hydrogen (secondary N) is 2. The Balaban J connectivity index is 1.25. The van der Waals surface area contributed by atoms with Crippen molar-refractivity contribution in [1.29, 1.82) is 0 Å². The van der Waals surface area contributed by atoms with Crippen LogP contribution >= 0.6 is 0 Å². The van der Waals surface area contributed by atoms with Crippen LogP contribution in [0.1, 0.15) is 15.9 Å². The van der Waals surface area contributed by atoms with E-state index in [0.717, 1.165) is 60.6 Å². The first-order valence-corrected chi connectivity index (χ1v) is 12.0. The van der Waals surface area contributed by atoms with Gasteiger partial charge >= 0.3 is 0 Å². The number of anilines is 2. The zero-order valence-corrected chi connectivity index (χ0v) is 20.4. The largest absolute Gasteiger partial charge is 0.496 e. The van der Waals surface area contributed by atoms with E-state index in [9.17, 15) is 9.18 Å². The van der Waals surface area contributed by atoms with Crippen molar-refractivity contribution in [2.75, 3.05) is 43.9 Å². The minimum absolute atomic E-state index is 0.149. The number of halogens is 1. The summed E-state index contributed by atoms with van der Waals surface area (Å²) in [7, 11) is 1.44. The third kappa shape index (κ3) is 5.39. The van der Waals surface area contributed by atoms with Gasteiger partial charge in [0.2, 0.25) is 0 Å². The fourth-order valence-electron chi connectivity index (χ4n) is 4.26. The Morgan fingerprint density at radius 1 is 1.11 bits per heavy atom. The van der Waals surface area contributed by atoms with E-state index in [1.165, 1.54) is 19.2 Å². The molecule has 190 valence electrons. The predicted molar refractivity (Wildman–Crippen MR) is 140 cm³/mol. The van der Waals surface area contributed by atoms with Crippen LogP contribution in [-0.4, -0.2) is 54.0 Å². The van der Waals surface area contributed by atoms with Gasteiger partial charge in [-0.25, -0.2) is 14.1 Å². The van der Waals surface area contributed by atoms with Crippen LogP contribution in [0.25, 0.3) is 16.9 Å². The second-order valence-electron chi connectivity index (χ2n) is 8.70. The molecule has 1 aliphatic heterocycles. The summed E-state index contributed by atoms with van der Waals surface area (Å²) in [6, 6.07) is 17.3. The molecule has 1 aliphatic rings. The van der Waals surface area contributed by atoms with Gasteiger partial charge in [0.15, 0.2) is 0 Å². The molecule has 4 aromatic rings. The number of methoxy groups -OCH3 is 1. The number of piperazine rings is 1. The number of nitrogens with zero attached hydrogens (tertiary/aromatic N) is 4. The number of hydrogen-bond donors (Lipinski definition) is 3. The normalized spacial score (nSPS) is 13.4. The highest BCUT2D eigenvalue weighted by Gasteiger charge is 2.15. The van der Waals surface area contributed by atoms with Crippen molar-refractivity contribution < 1.29 is 13.9 Å². The molecule has 4 N–H and O–H groups in total. The highest BCUT2D eigenvalue weighted by Crippen LogP contribution is 2.24. The van der Waals surface area contributed by atoms with Gasteiger partial charge in [-0.1, -0.05) is 24.3 Å². The molecule has 0 aliphatic carbocycles. The number of rotatable bonds is 7. The van der Waals surface area contributed by atoms with E-state index < -0.39 is 11.7 Å².